The molecule has 0 radical (unpaired) electrons. The van der Waals surface area contributed by atoms with E-state index in [1.165, 1.54) is 24.8 Å². The average Bonchev–Trinajstić information content (AvgIpc) is 3.42. The zero-order valence-corrected chi connectivity index (χ0v) is 19.4. The fourth-order valence-electron chi connectivity index (χ4n) is 4.48. The maximum absolute atomic E-state index is 13.1. The molecule has 1 aromatic heterocycles. The first kappa shape index (κ1) is 23.5. The molecule has 1 saturated carbocycles. The molecule has 0 aromatic carbocycles. The van der Waals surface area contributed by atoms with Gasteiger partial charge in [0.1, 0.15) is 0 Å². The number of amides is 1. The SMILES string of the molecule is Cc1cnc(C[C@]2([C@H](CC(C)C)NC(=O)O)OC(C)(C)OC2=O)cc1CCCC1CC1. The number of hydrogen-bond donors (Lipinski definition) is 2. The topological polar surface area (TPSA) is 97.8 Å². The van der Waals surface area contributed by atoms with Gasteiger partial charge in [0, 0.05) is 32.2 Å². The Labute approximate surface area is 184 Å². The van der Waals surface area contributed by atoms with E-state index in [1.54, 1.807) is 13.8 Å². The van der Waals surface area contributed by atoms with Crippen molar-refractivity contribution in [2.75, 3.05) is 0 Å². The molecule has 31 heavy (non-hydrogen) atoms. The van der Waals surface area contributed by atoms with Crippen LogP contribution < -0.4 is 5.32 Å². The Morgan fingerprint density at radius 2 is 2.06 bits per heavy atom. The number of ether oxygens (including phenoxy) is 2. The van der Waals surface area contributed by atoms with Crippen LogP contribution >= 0.6 is 0 Å². The smallest absolute Gasteiger partial charge is 0.404 e. The fraction of sp³-hybridized carbons (Fsp3) is 0.708. The average molecular weight is 433 g/mol. The van der Waals surface area contributed by atoms with Gasteiger partial charge in [-0.15, -0.1) is 0 Å². The molecule has 2 N–H and O–H groups in total. The van der Waals surface area contributed by atoms with E-state index in [1.807, 2.05) is 26.1 Å². The van der Waals surface area contributed by atoms with Crippen LogP contribution in [-0.4, -0.2) is 39.6 Å². The normalized spacial score (nSPS) is 23.6. The number of nitrogens with zero attached hydrogens (tertiary/aromatic N) is 1. The second-order valence-electron chi connectivity index (χ2n) is 10.0. The third-order valence-electron chi connectivity index (χ3n) is 6.15. The van der Waals surface area contributed by atoms with E-state index in [9.17, 15) is 14.7 Å². The molecule has 0 unspecified atom stereocenters. The van der Waals surface area contributed by atoms with Crippen LogP contribution in [0.3, 0.4) is 0 Å². The van der Waals surface area contributed by atoms with Crippen molar-refractivity contribution in [3.63, 3.8) is 0 Å². The maximum atomic E-state index is 13.1. The number of carbonyl (C=O) groups excluding carboxylic acids is 1. The third kappa shape index (κ3) is 5.97. The van der Waals surface area contributed by atoms with Gasteiger partial charge in [-0.05, 0) is 55.2 Å². The summed E-state index contributed by atoms with van der Waals surface area (Å²) in [5.74, 6) is -0.635. The summed E-state index contributed by atoms with van der Waals surface area (Å²) in [5, 5.41) is 12.0. The highest BCUT2D eigenvalue weighted by Gasteiger charge is 2.59. The number of rotatable bonds is 10. The Kier molecular flexibility index (Phi) is 6.94. The van der Waals surface area contributed by atoms with E-state index >= 15 is 0 Å². The molecule has 172 valence electrons. The molecule has 2 aliphatic rings. The monoisotopic (exact) mass is 432 g/mol. The Morgan fingerprint density at radius 1 is 1.35 bits per heavy atom. The highest BCUT2D eigenvalue weighted by atomic mass is 16.8. The Morgan fingerprint density at radius 3 is 2.61 bits per heavy atom. The lowest BCUT2D eigenvalue weighted by atomic mass is 9.83. The van der Waals surface area contributed by atoms with Gasteiger partial charge in [-0.3, -0.25) is 4.98 Å². The van der Waals surface area contributed by atoms with Crippen LogP contribution in [0, 0.1) is 18.8 Å². The molecular formula is C24H36N2O5. The predicted octanol–water partition coefficient (Wildman–Crippen LogP) is 4.40. The number of carbonyl (C=O) groups is 2. The number of aromatic nitrogens is 1. The highest BCUT2D eigenvalue weighted by Crippen LogP contribution is 2.39. The first-order valence-electron chi connectivity index (χ1n) is 11.4. The summed E-state index contributed by atoms with van der Waals surface area (Å²) in [6.07, 6.45) is 7.32. The fourth-order valence-corrected chi connectivity index (χ4v) is 4.48. The van der Waals surface area contributed by atoms with Crippen LogP contribution in [0.4, 0.5) is 4.79 Å². The summed E-state index contributed by atoms with van der Waals surface area (Å²) in [6, 6.07) is 1.29. The Hall–Kier alpha value is -2.15. The van der Waals surface area contributed by atoms with Gasteiger partial charge in [-0.1, -0.05) is 33.1 Å². The number of aryl methyl sites for hydroxylation is 2. The Balaban J connectivity index is 1.89. The van der Waals surface area contributed by atoms with Crippen molar-refractivity contribution in [3.8, 4) is 0 Å². The zero-order chi connectivity index (χ0) is 22.8. The number of cyclic esters (lactones) is 1. The van der Waals surface area contributed by atoms with Crippen molar-refractivity contribution >= 4 is 12.1 Å². The van der Waals surface area contributed by atoms with E-state index in [-0.39, 0.29) is 12.3 Å². The molecule has 0 spiro atoms. The van der Waals surface area contributed by atoms with Gasteiger partial charge in [0.2, 0.25) is 5.79 Å². The zero-order valence-electron chi connectivity index (χ0n) is 19.4. The van der Waals surface area contributed by atoms with Gasteiger partial charge in [0.25, 0.3) is 0 Å². The van der Waals surface area contributed by atoms with Crippen molar-refractivity contribution in [2.24, 2.45) is 11.8 Å². The van der Waals surface area contributed by atoms with Crippen molar-refractivity contribution in [1.82, 2.24) is 10.3 Å². The molecule has 2 heterocycles. The number of hydrogen-bond acceptors (Lipinski definition) is 5. The number of pyridine rings is 1. The molecule has 2 atom stereocenters. The van der Waals surface area contributed by atoms with Crippen molar-refractivity contribution in [2.45, 2.75) is 97.0 Å². The van der Waals surface area contributed by atoms with Crippen molar-refractivity contribution in [3.05, 3.63) is 29.1 Å². The first-order chi connectivity index (χ1) is 14.5. The summed E-state index contributed by atoms with van der Waals surface area (Å²) in [5.41, 5.74) is 1.60. The van der Waals surface area contributed by atoms with Crippen LogP contribution in [0.5, 0.6) is 0 Å². The third-order valence-corrected chi connectivity index (χ3v) is 6.15. The van der Waals surface area contributed by atoms with Gasteiger partial charge in [-0.2, -0.15) is 0 Å². The number of esters is 1. The largest absolute Gasteiger partial charge is 0.465 e. The molecule has 1 aliphatic carbocycles. The van der Waals surface area contributed by atoms with Crippen LogP contribution in [0.1, 0.15) is 76.6 Å². The quantitative estimate of drug-likeness (QED) is 0.532. The first-order valence-corrected chi connectivity index (χ1v) is 11.4. The summed E-state index contributed by atoms with van der Waals surface area (Å²) in [6.45, 7) is 9.36. The van der Waals surface area contributed by atoms with Gasteiger partial charge in [0.05, 0.1) is 6.04 Å². The van der Waals surface area contributed by atoms with Crippen molar-refractivity contribution < 1.29 is 24.2 Å². The van der Waals surface area contributed by atoms with Gasteiger partial charge >= 0.3 is 12.1 Å². The standard InChI is InChI=1S/C24H36N2O5/c1-15(2)11-20(26-22(28)29)24(21(27)30-23(4,5)31-24)13-19-12-18(16(3)14-25-19)8-6-7-17-9-10-17/h12,14-15,17,20,26H,6-11,13H2,1-5H3,(H,28,29)/t20-,24+/m0/s1. The lowest BCUT2D eigenvalue weighted by Gasteiger charge is -2.35. The maximum Gasteiger partial charge on any atom is 0.404 e. The molecule has 1 aromatic rings. The van der Waals surface area contributed by atoms with E-state index < -0.39 is 29.5 Å². The highest BCUT2D eigenvalue weighted by molar-refractivity contribution is 5.84. The van der Waals surface area contributed by atoms with Crippen LogP contribution in [-0.2, 0) is 27.1 Å². The number of carboxylic acid groups (broad SMARTS) is 1. The lowest BCUT2D eigenvalue weighted by molar-refractivity contribution is -0.170. The van der Waals surface area contributed by atoms with Crippen LogP contribution in [0.2, 0.25) is 0 Å². The van der Waals surface area contributed by atoms with E-state index in [0.717, 1.165) is 24.3 Å². The van der Waals surface area contributed by atoms with Gasteiger partial charge < -0.3 is 19.9 Å². The van der Waals surface area contributed by atoms with Crippen LogP contribution in [0.15, 0.2) is 12.3 Å². The minimum absolute atomic E-state index is 0.151. The minimum atomic E-state index is -1.46. The molecule has 1 amide bonds. The molecule has 0 bridgehead atoms. The molecular weight excluding hydrogens is 396 g/mol. The summed E-state index contributed by atoms with van der Waals surface area (Å²) in [7, 11) is 0. The van der Waals surface area contributed by atoms with Gasteiger partial charge in [0.15, 0.2) is 5.60 Å². The van der Waals surface area contributed by atoms with E-state index in [2.05, 4.69) is 17.2 Å². The minimum Gasteiger partial charge on any atom is -0.465 e. The Bertz CT molecular complexity index is 818. The van der Waals surface area contributed by atoms with Crippen LogP contribution in [0.25, 0.3) is 0 Å². The molecule has 7 heteroatoms. The summed E-state index contributed by atoms with van der Waals surface area (Å²) >= 11 is 0. The summed E-state index contributed by atoms with van der Waals surface area (Å²) in [4.78, 5) is 29.2. The second kappa shape index (κ2) is 9.15. The van der Waals surface area contributed by atoms with Crippen molar-refractivity contribution in [1.29, 1.82) is 0 Å². The molecule has 1 aliphatic heterocycles. The van der Waals surface area contributed by atoms with E-state index in [4.69, 9.17) is 9.47 Å². The molecule has 2 fully saturated rings. The van der Waals surface area contributed by atoms with E-state index in [0.29, 0.717) is 12.1 Å². The number of nitrogens with one attached hydrogen (secondary N) is 1. The van der Waals surface area contributed by atoms with Gasteiger partial charge in [-0.25, -0.2) is 9.59 Å². The molecule has 7 nitrogen and oxygen atoms in total. The molecule has 1 saturated heterocycles. The lowest BCUT2D eigenvalue weighted by Crippen LogP contribution is -2.58. The molecule has 3 rings (SSSR count). The predicted molar refractivity (Wildman–Crippen MR) is 117 cm³/mol. The second-order valence-corrected chi connectivity index (χ2v) is 10.0. The summed E-state index contributed by atoms with van der Waals surface area (Å²) < 4.78 is 11.7.